The van der Waals surface area contributed by atoms with E-state index in [-0.39, 0.29) is 35.8 Å². The van der Waals surface area contributed by atoms with Crippen molar-refractivity contribution in [3.8, 4) is 16.2 Å². The van der Waals surface area contributed by atoms with Crippen molar-refractivity contribution < 1.29 is 23.8 Å². The van der Waals surface area contributed by atoms with Crippen LogP contribution < -0.4 is 15.9 Å². The van der Waals surface area contributed by atoms with Gasteiger partial charge < -0.3 is 29.4 Å². The fraction of sp³-hybridized carbons (Fsp3) is 0.464. The van der Waals surface area contributed by atoms with Crippen molar-refractivity contribution in [2.24, 2.45) is 5.73 Å². The van der Waals surface area contributed by atoms with Gasteiger partial charge in [0.15, 0.2) is 5.75 Å². The van der Waals surface area contributed by atoms with E-state index in [1.54, 1.807) is 42.5 Å². The maximum Gasteiger partial charge on any atom is 0.410 e. The van der Waals surface area contributed by atoms with Crippen molar-refractivity contribution in [2.45, 2.75) is 64.8 Å². The molecule has 2 aromatic heterocycles. The van der Waals surface area contributed by atoms with E-state index in [0.29, 0.717) is 29.7 Å². The van der Waals surface area contributed by atoms with E-state index in [4.69, 9.17) is 19.9 Å². The minimum atomic E-state index is -0.619. The van der Waals surface area contributed by atoms with Gasteiger partial charge in [0.1, 0.15) is 11.2 Å². The summed E-state index contributed by atoms with van der Waals surface area (Å²) in [5.74, 6) is -0.0515. The molecule has 2 aliphatic rings. The Kier molecular flexibility index (Phi) is 6.73. The number of hydrogen-bond acceptors (Lipinski definition) is 8. The summed E-state index contributed by atoms with van der Waals surface area (Å²) in [6.07, 6.45) is 3.13. The molecule has 5 rings (SSSR count). The first-order chi connectivity index (χ1) is 18.0. The molecular weight excluding hydrogens is 506 g/mol. The number of thiophene rings is 1. The van der Waals surface area contributed by atoms with E-state index in [2.05, 4.69) is 0 Å². The van der Waals surface area contributed by atoms with Gasteiger partial charge in [0.25, 0.3) is 0 Å². The molecule has 3 heterocycles. The molecule has 0 radical (unpaired) electrons. The standard InChI is InChI=1S/C28H33N3O6S/c1-6-36-26(33)19-12-31(15-7-8-15)23-17(24(19)32)10-9-16(25(23)35-5)21-11-18-20(29)13-30(14-22(18)38-21)27(34)37-28(2,3)4/h9-12,15,20H,6-8,13-14,29H2,1-5H3. The lowest BCUT2D eigenvalue weighted by Gasteiger charge is -2.32. The van der Waals surface area contributed by atoms with Crippen molar-refractivity contribution >= 4 is 34.3 Å². The molecule has 10 heteroatoms. The maximum atomic E-state index is 13.3. The van der Waals surface area contributed by atoms with Crippen LogP contribution in [0.3, 0.4) is 0 Å². The molecule has 1 fully saturated rings. The molecule has 1 saturated carbocycles. The van der Waals surface area contributed by atoms with Gasteiger partial charge in [-0.15, -0.1) is 11.3 Å². The van der Waals surface area contributed by atoms with Crippen LogP contribution in [0.5, 0.6) is 5.75 Å². The number of hydrogen-bond donors (Lipinski definition) is 1. The van der Waals surface area contributed by atoms with E-state index >= 15 is 0 Å². The summed E-state index contributed by atoms with van der Waals surface area (Å²) in [4.78, 5) is 42.1. The van der Waals surface area contributed by atoms with E-state index in [1.807, 2.05) is 37.5 Å². The molecule has 1 unspecified atom stereocenters. The first-order valence-corrected chi connectivity index (χ1v) is 13.6. The van der Waals surface area contributed by atoms with Crippen LogP contribution in [-0.4, -0.2) is 47.4 Å². The first-order valence-electron chi connectivity index (χ1n) is 12.8. The van der Waals surface area contributed by atoms with Crippen LogP contribution in [0.15, 0.2) is 29.2 Å². The summed E-state index contributed by atoms with van der Waals surface area (Å²) < 4.78 is 18.6. The number of nitrogens with zero attached hydrogens (tertiary/aromatic N) is 2. The molecular formula is C28H33N3O6S. The Morgan fingerprint density at radius 1 is 1.21 bits per heavy atom. The lowest BCUT2D eigenvalue weighted by molar-refractivity contribution is 0.0209. The molecule has 3 aromatic rings. The molecule has 0 saturated heterocycles. The highest BCUT2D eigenvalue weighted by molar-refractivity contribution is 7.15. The van der Waals surface area contributed by atoms with Crippen LogP contribution in [0, 0.1) is 0 Å². The van der Waals surface area contributed by atoms with Gasteiger partial charge in [-0.05, 0) is 64.3 Å². The predicted molar refractivity (Wildman–Crippen MR) is 146 cm³/mol. The zero-order valence-corrected chi connectivity index (χ0v) is 23.1. The third-order valence-corrected chi connectivity index (χ3v) is 7.87. The van der Waals surface area contributed by atoms with Gasteiger partial charge >= 0.3 is 12.1 Å². The SMILES string of the molecule is CCOC(=O)c1cn(C2CC2)c2c(OC)c(-c3cc4c(s3)CN(C(=O)OC(C)(C)C)CC4N)ccc2c1=O. The van der Waals surface area contributed by atoms with E-state index in [9.17, 15) is 14.4 Å². The quantitative estimate of drug-likeness (QED) is 0.454. The number of ether oxygens (including phenoxy) is 3. The number of fused-ring (bicyclic) bond motifs is 2. The van der Waals surface area contributed by atoms with Gasteiger partial charge in [0.05, 0.1) is 31.2 Å². The van der Waals surface area contributed by atoms with Crippen molar-refractivity contribution in [3.05, 3.63) is 50.6 Å². The maximum absolute atomic E-state index is 13.3. The number of carbonyl (C=O) groups excluding carboxylic acids is 2. The zero-order chi connectivity index (χ0) is 27.4. The highest BCUT2D eigenvalue weighted by Gasteiger charge is 2.33. The smallest absolute Gasteiger partial charge is 0.410 e. The number of aromatic nitrogens is 1. The van der Waals surface area contributed by atoms with Gasteiger partial charge in [-0.1, -0.05) is 0 Å². The minimum Gasteiger partial charge on any atom is -0.494 e. The van der Waals surface area contributed by atoms with Gasteiger partial charge in [-0.3, -0.25) is 4.79 Å². The van der Waals surface area contributed by atoms with Crippen molar-refractivity contribution in [1.82, 2.24) is 9.47 Å². The second-order valence-corrected chi connectivity index (χ2v) is 11.9. The number of esters is 1. The van der Waals surface area contributed by atoms with Crippen molar-refractivity contribution in [2.75, 3.05) is 20.3 Å². The predicted octanol–water partition coefficient (Wildman–Crippen LogP) is 5.00. The zero-order valence-electron chi connectivity index (χ0n) is 22.3. The molecule has 2 N–H and O–H groups in total. The highest BCUT2D eigenvalue weighted by atomic mass is 32.1. The van der Waals surface area contributed by atoms with E-state index < -0.39 is 11.6 Å². The summed E-state index contributed by atoms with van der Waals surface area (Å²) in [5, 5.41) is 0.414. The average molecular weight is 540 g/mol. The Hall–Kier alpha value is -3.37. The van der Waals surface area contributed by atoms with Crippen LogP contribution in [-0.2, 0) is 16.0 Å². The normalized spacial score (nSPS) is 17.3. The summed E-state index contributed by atoms with van der Waals surface area (Å²) in [6.45, 7) is 8.20. The number of methoxy groups -OCH3 is 1. The third-order valence-electron chi connectivity index (χ3n) is 6.70. The molecule has 1 aliphatic carbocycles. The Morgan fingerprint density at radius 2 is 1.95 bits per heavy atom. The van der Waals surface area contributed by atoms with Crippen molar-refractivity contribution in [1.29, 1.82) is 0 Å². The number of rotatable bonds is 5. The molecule has 1 atom stereocenters. The average Bonchev–Trinajstić information content (AvgIpc) is 3.60. The Morgan fingerprint density at radius 3 is 2.58 bits per heavy atom. The highest BCUT2D eigenvalue weighted by Crippen LogP contribution is 2.45. The second kappa shape index (κ2) is 9.74. The van der Waals surface area contributed by atoms with E-state index in [1.165, 1.54) is 0 Å². The lowest BCUT2D eigenvalue weighted by atomic mass is 10.0. The Balaban J connectivity index is 1.59. The van der Waals surface area contributed by atoms with Crippen molar-refractivity contribution in [3.63, 3.8) is 0 Å². The molecule has 1 aliphatic heterocycles. The van der Waals surface area contributed by atoms with Gasteiger partial charge in [0.2, 0.25) is 5.43 Å². The molecule has 1 amide bonds. The second-order valence-electron chi connectivity index (χ2n) is 10.7. The lowest BCUT2D eigenvalue weighted by Crippen LogP contribution is -2.42. The van der Waals surface area contributed by atoms with Crippen LogP contribution in [0.25, 0.3) is 21.3 Å². The number of amides is 1. The number of pyridine rings is 1. The third kappa shape index (κ3) is 4.78. The van der Waals surface area contributed by atoms with Gasteiger partial charge in [0, 0.05) is 40.1 Å². The van der Waals surface area contributed by atoms with Crippen LogP contribution in [0.2, 0.25) is 0 Å². The molecule has 0 bridgehead atoms. The number of nitrogens with two attached hydrogens (primary N) is 1. The monoisotopic (exact) mass is 539 g/mol. The molecule has 38 heavy (non-hydrogen) atoms. The summed E-state index contributed by atoms with van der Waals surface area (Å²) in [5.41, 5.74) is 8.03. The Labute approximate surface area is 225 Å². The number of benzene rings is 1. The molecule has 0 spiro atoms. The van der Waals surface area contributed by atoms with E-state index in [0.717, 1.165) is 33.7 Å². The summed E-state index contributed by atoms with van der Waals surface area (Å²) in [6, 6.07) is 5.49. The fourth-order valence-electron chi connectivity index (χ4n) is 4.87. The minimum absolute atomic E-state index is 0.0286. The first kappa shape index (κ1) is 26.2. The fourth-order valence-corrected chi connectivity index (χ4v) is 6.14. The van der Waals surface area contributed by atoms with Gasteiger partial charge in [-0.2, -0.15) is 0 Å². The topological polar surface area (TPSA) is 113 Å². The summed E-state index contributed by atoms with van der Waals surface area (Å²) >= 11 is 1.55. The largest absolute Gasteiger partial charge is 0.494 e. The molecule has 202 valence electrons. The summed E-state index contributed by atoms with van der Waals surface area (Å²) in [7, 11) is 1.59. The van der Waals surface area contributed by atoms with Gasteiger partial charge in [-0.25, -0.2) is 9.59 Å². The van der Waals surface area contributed by atoms with Crippen LogP contribution in [0.1, 0.15) is 73.4 Å². The number of carbonyl (C=O) groups is 2. The van der Waals surface area contributed by atoms with Crippen LogP contribution >= 0.6 is 11.3 Å². The molecule has 1 aromatic carbocycles. The molecule has 9 nitrogen and oxygen atoms in total. The Bertz CT molecular complexity index is 1480. The van der Waals surface area contributed by atoms with Crippen LogP contribution in [0.4, 0.5) is 4.79 Å².